The van der Waals surface area contributed by atoms with Gasteiger partial charge in [-0.25, -0.2) is 0 Å². The Hall–Kier alpha value is -4.40. The molecular formula is C26H24F3N5O4. The Bertz CT molecular complexity index is 1340. The summed E-state index contributed by atoms with van der Waals surface area (Å²) in [6.45, 7) is 1.77. The summed E-state index contributed by atoms with van der Waals surface area (Å²) in [4.78, 5) is 24.0. The fraction of sp³-hybridized carbons (Fsp3) is 0.346. The second-order valence-electron chi connectivity index (χ2n) is 8.80. The zero-order chi connectivity index (χ0) is 27.3. The predicted molar refractivity (Wildman–Crippen MR) is 130 cm³/mol. The van der Waals surface area contributed by atoms with Gasteiger partial charge in [0.2, 0.25) is 0 Å². The van der Waals surface area contributed by atoms with Gasteiger partial charge in [0.05, 0.1) is 17.2 Å². The fourth-order valence-corrected chi connectivity index (χ4v) is 4.25. The molecule has 1 saturated carbocycles. The molecule has 4 rings (SSSR count). The maximum absolute atomic E-state index is 13.2. The maximum atomic E-state index is 13.2. The quantitative estimate of drug-likeness (QED) is 0.361. The first-order valence-corrected chi connectivity index (χ1v) is 12.0. The molecule has 1 aliphatic rings. The summed E-state index contributed by atoms with van der Waals surface area (Å²) in [6, 6.07) is 11.6. The Morgan fingerprint density at radius 1 is 1.08 bits per heavy atom. The van der Waals surface area contributed by atoms with Crippen molar-refractivity contribution in [1.82, 2.24) is 10.2 Å². The first-order valence-electron chi connectivity index (χ1n) is 12.0. The molecule has 0 spiro atoms. The number of rotatable bonds is 7. The molecule has 2 N–H and O–H groups in total. The topological polar surface area (TPSA) is 130 Å². The molecule has 0 bridgehead atoms. The van der Waals surface area contributed by atoms with E-state index in [4.69, 9.17) is 14.4 Å². The molecule has 0 unspecified atom stereocenters. The molecule has 38 heavy (non-hydrogen) atoms. The summed E-state index contributed by atoms with van der Waals surface area (Å²) in [7, 11) is 0. The van der Waals surface area contributed by atoms with Crippen LogP contribution in [-0.4, -0.2) is 28.2 Å². The number of carbonyl (C=O) groups excluding carboxylic acids is 2. The van der Waals surface area contributed by atoms with E-state index in [1.807, 2.05) is 12.1 Å². The second-order valence-corrected chi connectivity index (χ2v) is 8.80. The Kier molecular flexibility index (Phi) is 7.95. The fourth-order valence-electron chi connectivity index (χ4n) is 4.25. The number of amides is 1. The van der Waals surface area contributed by atoms with Crippen molar-refractivity contribution in [2.24, 2.45) is 0 Å². The molecule has 1 aromatic heterocycles. The van der Waals surface area contributed by atoms with Gasteiger partial charge in [-0.3, -0.25) is 9.59 Å². The number of ether oxygens (including phenoxy) is 1. The highest BCUT2D eigenvalue weighted by Gasteiger charge is 2.34. The standard InChI is InChI=1S/C26H24F3N5O4/c1-2-22(35)37-20-11-6-16(7-12-20)15-3-8-18(9-4-15)31-23(36)24-33-34-25(38-24)32-19-10-5-17(14-30)21(13-19)26(27,28)29/h3-5,8-10,13,16,20H,2,6-7,11-12H2,1H3,(H,31,36)(H,32,34). The molecule has 12 heteroatoms. The SMILES string of the molecule is CCC(=O)OC1CCC(c2ccc(NC(=O)c3nnc(Nc4ccc(C#N)c(C(F)(F)F)c4)o3)cc2)CC1. The van der Waals surface area contributed by atoms with E-state index in [1.54, 1.807) is 19.1 Å². The zero-order valence-electron chi connectivity index (χ0n) is 20.3. The molecule has 2 aromatic carbocycles. The number of halogens is 3. The Morgan fingerprint density at radius 3 is 2.39 bits per heavy atom. The van der Waals surface area contributed by atoms with Gasteiger partial charge in [-0.2, -0.15) is 18.4 Å². The number of anilines is 3. The van der Waals surface area contributed by atoms with Crippen molar-refractivity contribution in [3.63, 3.8) is 0 Å². The number of aromatic nitrogens is 2. The number of nitriles is 1. The smallest absolute Gasteiger partial charge is 0.417 e. The minimum Gasteiger partial charge on any atom is -0.462 e. The third kappa shape index (κ3) is 6.47. The number of hydrogen-bond donors (Lipinski definition) is 2. The van der Waals surface area contributed by atoms with Crippen molar-refractivity contribution in [2.75, 3.05) is 10.6 Å². The summed E-state index contributed by atoms with van der Waals surface area (Å²) in [6.07, 6.45) is -0.973. The lowest BCUT2D eigenvalue weighted by atomic mass is 9.82. The number of hydrogen-bond acceptors (Lipinski definition) is 8. The number of carbonyl (C=O) groups is 2. The number of alkyl halides is 3. The van der Waals surface area contributed by atoms with Gasteiger partial charge < -0.3 is 19.8 Å². The Morgan fingerprint density at radius 2 is 1.76 bits per heavy atom. The average Bonchev–Trinajstić information content (AvgIpc) is 3.37. The Labute approximate surface area is 216 Å². The molecule has 1 aliphatic carbocycles. The van der Waals surface area contributed by atoms with Crippen molar-refractivity contribution in [3.05, 3.63) is 65.0 Å². The van der Waals surface area contributed by atoms with Gasteiger partial charge in [0, 0.05) is 17.8 Å². The van der Waals surface area contributed by atoms with Crippen molar-refractivity contribution in [2.45, 2.75) is 57.2 Å². The predicted octanol–water partition coefficient (Wildman–Crippen LogP) is 5.94. The van der Waals surface area contributed by atoms with Gasteiger partial charge in [0.25, 0.3) is 0 Å². The Balaban J connectivity index is 1.33. The van der Waals surface area contributed by atoms with Gasteiger partial charge in [-0.15, -0.1) is 5.10 Å². The molecule has 9 nitrogen and oxygen atoms in total. The van der Waals surface area contributed by atoms with E-state index >= 15 is 0 Å². The van der Waals surface area contributed by atoms with Crippen molar-refractivity contribution >= 4 is 29.3 Å². The first kappa shape index (κ1) is 26.7. The molecule has 3 aromatic rings. The first-order chi connectivity index (χ1) is 18.2. The van der Waals surface area contributed by atoms with Crippen LogP contribution in [0.4, 0.5) is 30.6 Å². The van der Waals surface area contributed by atoms with Crippen LogP contribution in [-0.2, 0) is 15.7 Å². The van der Waals surface area contributed by atoms with E-state index in [1.165, 1.54) is 12.1 Å². The second kappa shape index (κ2) is 11.3. The van der Waals surface area contributed by atoms with Crippen molar-refractivity contribution in [3.8, 4) is 6.07 Å². The highest BCUT2D eigenvalue weighted by Crippen LogP contribution is 2.35. The van der Waals surface area contributed by atoms with Crippen LogP contribution >= 0.6 is 0 Å². The van der Waals surface area contributed by atoms with Crippen molar-refractivity contribution in [1.29, 1.82) is 5.26 Å². The number of benzene rings is 2. The largest absolute Gasteiger partial charge is 0.462 e. The molecule has 1 amide bonds. The van der Waals surface area contributed by atoms with Gasteiger partial charge in [-0.1, -0.05) is 24.2 Å². The van der Waals surface area contributed by atoms with Crippen LogP contribution in [0, 0.1) is 11.3 Å². The lowest BCUT2D eigenvalue weighted by Gasteiger charge is -2.28. The van der Waals surface area contributed by atoms with Crippen molar-refractivity contribution < 1.29 is 31.9 Å². The monoisotopic (exact) mass is 527 g/mol. The van der Waals surface area contributed by atoms with E-state index in [0.717, 1.165) is 43.4 Å². The normalized spacial score (nSPS) is 17.3. The molecule has 0 radical (unpaired) electrons. The molecule has 1 fully saturated rings. The van der Waals surface area contributed by atoms with Crippen LogP contribution in [0.3, 0.4) is 0 Å². The van der Waals surface area contributed by atoms with Gasteiger partial charge in [0.15, 0.2) is 0 Å². The van der Waals surface area contributed by atoms with E-state index in [0.29, 0.717) is 18.0 Å². The van der Waals surface area contributed by atoms with Crippen LogP contribution in [0.25, 0.3) is 0 Å². The molecule has 198 valence electrons. The molecule has 0 atom stereocenters. The van der Waals surface area contributed by atoms with E-state index < -0.39 is 23.2 Å². The van der Waals surface area contributed by atoms with Gasteiger partial charge in [0.1, 0.15) is 6.10 Å². The summed E-state index contributed by atoms with van der Waals surface area (Å²) < 4.78 is 50.2. The summed E-state index contributed by atoms with van der Waals surface area (Å²) in [5.74, 6) is -0.919. The maximum Gasteiger partial charge on any atom is 0.417 e. The van der Waals surface area contributed by atoms with Crippen LogP contribution < -0.4 is 10.6 Å². The van der Waals surface area contributed by atoms with E-state index in [9.17, 15) is 22.8 Å². The highest BCUT2D eigenvalue weighted by atomic mass is 19.4. The van der Waals surface area contributed by atoms with Crippen LogP contribution in [0.1, 0.15) is 72.3 Å². The van der Waals surface area contributed by atoms with Crippen LogP contribution in [0.15, 0.2) is 46.9 Å². The average molecular weight is 528 g/mol. The van der Waals surface area contributed by atoms with Gasteiger partial charge >= 0.3 is 30.0 Å². The van der Waals surface area contributed by atoms with E-state index in [-0.39, 0.29) is 29.7 Å². The number of nitrogens with zero attached hydrogens (tertiary/aromatic N) is 3. The van der Waals surface area contributed by atoms with Crippen LogP contribution in [0.2, 0.25) is 0 Å². The number of nitrogens with one attached hydrogen (secondary N) is 2. The summed E-state index contributed by atoms with van der Waals surface area (Å²) in [5, 5.41) is 21.3. The number of esters is 1. The highest BCUT2D eigenvalue weighted by molar-refractivity contribution is 6.00. The summed E-state index contributed by atoms with van der Waals surface area (Å²) >= 11 is 0. The lowest BCUT2D eigenvalue weighted by Crippen LogP contribution is -2.23. The minimum absolute atomic E-state index is 0.0327. The lowest BCUT2D eigenvalue weighted by molar-refractivity contribution is -0.150. The zero-order valence-corrected chi connectivity index (χ0v) is 20.3. The minimum atomic E-state index is -4.72. The third-order valence-corrected chi connectivity index (χ3v) is 6.22. The van der Waals surface area contributed by atoms with Gasteiger partial charge in [-0.05, 0) is 67.5 Å². The molecule has 0 saturated heterocycles. The molecular weight excluding hydrogens is 503 g/mol. The molecule has 1 heterocycles. The summed E-state index contributed by atoms with van der Waals surface area (Å²) in [5.41, 5.74) is -0.0593. The molecule has 0 aliphatic heterocycles. The van der Waals surface area contributed by atoms with E-state index in [2.05, 4.69) is 20.8 Å². The van der Waals surface area contributed by atoms with Crippen LogP contribution in [0.5, 0.6) is 0 Å². The third-order valence-electron chi connectivity index (χ3n) is 6.22.